The highest BCUT2D eigenvalue weighted by Gasteiger charge is 2.48. The molecule has 2 aliphatic carbocycles. The third-order valence-electron chi connectivity index (χ3n) is 5.67. The van der Waals surface area contributed by atoms with Gasteiger partial charge in [-0.05, 0) is 57.3 Å². The van der Waals surface area contributed by atoms with Crippen LogP contribution in [0.15, 0.2) is 12.2 Å². The molecular weight excluding hydrogens is 322 g/mol. The summed E-state index contributed by atoms with van der Waals surface area (Å²) in [4.78, 5) is 12.4. The maximum atomic E-state index is 12.4. The van der Waals surface area contributed by atoms with E-state index in [1.807, 2.05) is 0 Å². The molecule has 0 radical (unpaired) electrons. The summed E-state index contributed by atoms with van der Waals surface area (Å²) in [5, 5.41) is 21.9. The predicted octanol–water partition coefficient (Wildman–Crippen LogP) is 1.36. The largest absolute Gasteiger partial charge is 0.394 e. The Hall–Kier alpha value is -0.950. The average Bonchev–Trinajstić information content (AvgIpc) is 3.27. The maximum Gasteiger partial charge on any atom is 0.252 e. The number of carbonyl (C=O) groups excluding carboxylic acids is 1. The highest BCUT2D eigenvalue weighted by molar-refractivity contribution is 5.81. The Bertz CT molecular complexity index is 506. The quantitative estimate of drug-likeness (QED) is 0.453. The summed E-state index contributed by atoms with van der Waals surface area (Å²) in [7, 11) is 0. The lowest BCUT2D eigenvalue weighted by Gasteiger charge is -2.20. The lowest BCUT2D eigenvalue weighted by molar-refractivity contribution is -0.161. The van der Waals surface area contributed by atoms with Crippen LogP contribution in [0.25, 0.3) is 0 Å². The van der Waals surface area contributed by atoms with Crippen molar-refractivity contribution in [3.05, 3.63) is 12.2 Å². The summed E-state index contributed by atoms with van der Waals surface area (Å²) in [6, 6.07) is 0. The van der Waals surface area contributed by atoms with E-state index < -0.39 is 30.7 Å². The first-order valence-corrected chi connectivity index (χ1v) is 9.50. The predicted molar refractivity (Wildman–Crippen MR) is 92.6 cm³/mol. The Balaban J connectivity index is 1.37. The van der Waals surface area contributed by atoms with E-state index in [9.17, 15) is 9.90 Å². The van der Waals surface area contributed by atoms with Crippen molar-refractivity contribution in [1.82, 2.24) is 5.32 Å². The molecule has 3 N–H and O–H groups in total. The van der Waals surface area contributed by atoms with Crippen molar-refractivity contribution >= 4 is 5.91 Å². The fourth-order valence-corrected chi connectivity index (χ4v) is 4.45. The first-order valence-electron chi connectivity index (χ1n) is 9.50. The summed E-state index contributed by atoms with van der Waals surface area (Å²) < 4.78 is 11.2. The fourth-order valence-electron chi connectivity index (χ4n) is 4.45. The molecule has 3 aliphatic rings. The van der Waals surface area contributed by atoms with Crippen LogP contribution in [0, 0.1) is 17.8 Å². The molecule has 1 amide bonds. The van der Waals surface area contributed by atoms with E-state index >= 15 is 0 Å². The molecule has 6 nitrogen and oxygen atoms in total. The van der Waals surface area contributed by atoms with E-state index in [-0.39, 0.29) is 5.91 Å². The fraction of sp³-hybridized carbons (Fsp3) is 0.842. The number of ether oxygens (including phenoxy) is 2. The van der Waals surface area contributed by atoms with Crippen molar-refractivity contribution < 1.29 is 24.5 Å². The van der Waals surface area contributed by atoms with Gasteiger partial charge in [-0.3, -0.25) is 4.79 Å². The van der Waals surface area contributed by atoms with E-state index in [2.05, 4.69) is 17.5 Å². The molecule has 0 aromatic rings. The van der Waals surface area contributed by atoms with Gasteiger partial charge in [0.1, 0.15) is 12.2 Å². The molecule has 1 saturated carbocycles. The Labute approximate surface area is 149 Å². The van der Waals surface area contributed by atoms with Crippen LogP contribution in [0.3, 0.4) is 0 Å². The number of rotatable bonds is 8. The third kappa shape index (κ3) is 4.42. The molecule has 6 unspecified atom stereocenters. The minimum atomic E-state index is -1.14. The molecule has 2 fully saturated rings. The van der Waals surface area contributed by atoms with Gasteiger partial charge in [0.25, 0.3) is 5.91 Å². The zero-order chi connectivity index (χ0) is 18.0. The highest BCUT2D eigenvalue weighted by Crippen LogP contribution is 2.45. The van der Waals surface area contributed by atoms with Gasteiger partial charge in [0.05, 0.1) is 6.61 Å². The summed E-state index contributed by atoms with van der Waals surface area (Å²) >= 11 is 0. The molecule has 3 rings (SSSR count). The maximum absolute atomic E-state index is 12.4. The van der Waals surface area contributed by atoms with Crippen molar-refractivity contribution in [2.24, 2.45) is 17.8 Å². The topological polar surface area (TPSA) is 88.0 Å². The summed E-state index contributed by atoms with van der Waals surface area (Å²) in [5.41, 5.74) is 0. The molecule has 25 heavy (non-hydrogen) atoms. The Kier molecular flexibility index (Phi) is 5.83. The lowest BCUT2D eigenvalue weighted by Crippen LogP contribution is -2.46. The Morgan fingerprint density at radius 2 is 2.08 bits per heavy atom. The van der Waals surface area contributed by atoms with Crippen molar-refractivity contribution in [2.75, 3.05) is 13.2 Å². The van der Waals surface area contributed by atoms with Crippen LogP contribution in [-0.2, 0) is 14.3 Å². The molecule has 2 bridgehead atoms. The van der Waals surface area contributed by atoms with Gasteiger partial charge in [-0.25, -0.2) is 0 Å². The smallest absolute Gasteiger partial charge is 0.252 e. The number of fused-ring (bicyclic) bond motifs is 2. The molecule has 1 aliphatic heterocycles. The van der Waals surface area contributed by atoms with Crippen LogP contribution in [0.4, 0.5) is 0 Å². The Morgan fingerprint density at radius 3 is 2.72 bits per heavy atom. The lowest BCUT2D eigenvalue weighted by atomic mass is 9.89. The molecule has 142 valence electrons. The van der Waals surface area contributed by atoms with Crippen molar-refractivity contribution in [2.45, 2.75) is 70.1 Å². The van der Waals surface area contributed by atoms with Crippen molar-refractivity contribution in [3.63, 3.8) is 0 Å². The van der Waals surface area contributed by atoms with Crippen LogP contribution < -0.4 is 5.32 Å². The van der Waals surface area contributed by atoms with Crippen LogP contribution in [0.2, 0.25) is 0 Å². The number of hydrogen-bond acceptors (Lipinski definition) is 5. The van der Waals surface area contributed by atoms with Crippen molar-refractivity contribution in [1.29, 1.82) is 0 Å². The number of amides is 1. The monoisotopic (exact) mass is 353 g/mol. The molecule has 0 aromatic heterocycles. The van der Waals surface area contributed by atoms with Crippen molar-refractivity contribution in [3.8, 4) is 0 Å². The van der Waals surface area contributed by atoms with Gasteiger partial charge in [-0.15, -0.1) is 0 Å². The number of allylic oxidation sites excluding steroid dienone is 2. The van der Waals surface area contributed by atoms with Gasteiger partial charge < -0.3 is 25.0 Å². The number of aliphatic hydroxyl groups excluding tert-OH is 2. The van der Waals surface area contributed by atoms with Crippen LogP contribution in [0.5, 0.6) is 0 Å². The number of carbonyl (C=O) groups is 1. The summed E-state index contributed by atoms with van der Waals surface area (Å²) in [5.74, 6) is 1.19. The summed E-state index contributed by atoms with van der Waals surface area (Å²) in [6.45, 7) is 3.52. The minimum Gasteiger partial charge on any atom is -0.394 e. The van der Waals surface area contributed by atoms with Gasteiger partial charge in [0.15, 0.2) is 11.9 Å². The second-order valence-electron chi connectivity index (χ2n) is 8.10. The average molecular weight is 353 g/mol. The van der Waals surface area contributed by atoms with E-state index in [0.29, 0.717) is 6.54 Å². The standard InChI is InChI=1S/C19H31NO5/c1-19(2)24-16(15(22)11-21)17(25-19)18(23)20-8-4-3-5-13-9-12-6-7-14(13)10-12/h6-7,12-17,21-22H,3-5,8-11H2,1-2H3,(H,20,23). The van der Waals surface area contributed by atoms with Gasteiger partial charge in [-0.2, -0.15) is 0 Å². The van der Waals surface area contributed by atoms with Gasteiger partial charge in [-0.1, -0.05) is 18.6 Å². The number of aliphatic hydroxyl groups is 2. The molecule has 0 spiro atoms. The third-order valence-corrected chi connectivity index (χ3v) is 5.67. The van der Waals surface area contributed by atoms with Gasteiger partial charge in [0.2, 0.25) is 0 Å². The zero-order valence-electron chi connectivity index (χ0n) is 15.2. The SMILES string of the molecule is CC1(C)OC(C(=O)NCCCCC2CC3C=CC2C3)C(C(O)CO)O1. The van der Waals surface area contributed by atoms with E-state index in [4.69, 9.17) is 14.6 Å². The molecule has 1 saturated heterocycles. The molecule has 6 atom stereocenters. The number of unbranched alkanes of at least 4 members (excludes halogenated alkanes) is 1. The zero-order valence-corrected chi connectivity index (χ0v) is 15.2. The molecule has 1 heterocycles. The first-order chi connectivity index (χ1) is 11.9. The second-order valence-corrected chi connectivity index (χ2v) is 8.10. The van der Waals surface area contributed by atoms with Crippen LogP contribution >= 0.6 is 0 Å². The Morgan fingerprint density at radius 1 is 1.28 bits per heavy atom. The number of nitrogens with one attached hydrogen (secondary N) is 1. The molecule has 0 aromatic carbocycles. The number of hydrogen-bond donors (Lipinski definition) is 3. The normalized spacial score (nSPS) is 36.7. The van der Waals surface area contributed by atoms with Crippen LogP contribution in [-0.4, -0.2) is 53.4 Å². The minimum absolute atomic E-state index is 0.286. The van der Waals surface area contributed by atoms with Gasteiger partial charge >= 0.3 is 0 Å². The molecule has 6 heteroatoms. The van der Waals surface area contributed by atoms with Crippen LogP contribution in [0.1, 0.15) is 46.0 Å². The summed E-state index contributed by atoms with van der Waals surface area (Å²) in [6.07, 6.45) is 7.81. The van der Waals surface area contributed by atoms with E-state index in [0.717, 1.165) is 30.6 Å². The first kappa shape index (κ1) is 18.8. The van der Waals surface area contributed by atoms with Gasteiger partial charge in [0, 0.05) is 6.54 Å². The molecular formula is C19H31NO5. The highest BCUT2D eigenvalue weighted by atomic mass is 16.8. The van der Waals surface area contributed by atoms with E-state index in [1.165, 1.54) is 19.3 Å². The van der Waals surface area contributed by atoms with E-state index in [1.54, 1.807) is 13.8 Å². The second kappa shape index (κ2) is 7.74.